The number of unbranched alkanes of at least 4 members (excludes halogenated alkanes) is 30. The van der Waals surface area contributed by atoms with E-state index in [-0.39, 0.29) is 19.1 Å². The average Bonchev–Trinajstić information content (AvgIpc) is 3.17. The van der Waals surface area contributed by atoms with Crippen LogP contribution < -0.4 is 10.2 Å². The second-order valence-corrected chi connectivity index (χ2v) is 19.6. The van der Waals surface area contributed by atoms with Crippen LogP contribution in [0.1, 0.15) is 232 Å². The molecular formula is C49H97N2O6P. The maximum Gasteiger partial charge on any atom is 0.268 e. The standard InChI is InChI=1S/C49H97N2O6P/c1-6-8-10-12-14-16-18-20-22-24-25-27-28-30-32-34-36-38-40-42-48(52)47(46-57-58(54,55)56-45-44-51(3,4)5)50-49(53)43-41-39-37-35-33-31-29-26-23-21-19-17-15-13-11-9-7-2/h21,23,40,42,47-48,52H,6-20,22,24-39,41,43-46H2,1-5H3,(H-,50,53,54,55)/b23-21-,42-40+. The lowest BCUT2D eigenvalue weighted by Crippen LogP contribution is -2.45. The summed E-state index contributed by atoms with van der Waals surface area (Å²) in [6, 6.07) is -0.886. The normalized spacial score (nSPS) is 14.4. The highest BCUT2D eigenvalue weighted by Gasteiger charge is 2.23. The molecule has 58 heavy (non-hydrogen) atoms. The van der Waals surface area contributed by atoms with Crippen LogP contribution in [0.5, 0.6) is 0 Å². The van der Waals surface area contributed by atoms with Gasteiger partial charge in [0.25, 0.3) is 7.82 Å². The molecule has 0 aliphatic rings. The summed E-state index contributed by atoms with van der Waals surface area (Å²) in [7, 11) is 1.26. The summed E-state index contributed by atoms with van der Waals surface area (Å²) >= 11 is 0. The highest BCUT2D eigenvalue weighted by atomic mass is 31.2. The van der Waals surface area contributed by atoms with E-state index in [1.807, 2.05) is 27.2 Å². The first-order chi connectivity index (χ1) is 28.0. The van der Waals surface area contributed by atoms with Crippen LogP contribution in [-0.4, -0.2) is 68.5 Å². The number of quaternary nitrogens is 1. The van der Waals surface area contributed by atoms with Gasteiger partial charge in [-0.1, -0.05) is 205 Å². The molecular weight excluding hydrogens is 744 g/mol. The van der Waals surface area contributed by atoms with Gasteiger partial charge in [-0.25, -0.2) is 0 Å². The zero-order valence-corrected chi connectivity index (χ0v) is 39.9. The number of phosphoric ester groups is 1. The predicted molar refractivity (Wildman–Crippen MR) is 247 cm³/mol. The third-order valence-electron chi connectivity index (χ3n) is 11.2. The lowest BCUT2D eigenvalue weighted by molar-refractivity contribution is -0.870. The Morgan fingerprint density at radius 1 is 0.586 bits per heavy atom. The van der Waals surface area contributed by atoms with Crippen molar-refractivity contribution >= 4 is 13.7 Å². The predicted octanol–water partition coefficient (Wildman–Crippen LogP) is 13.5. The Morgan fingerprint density at radius 2 is 0.948 bits per heavy atom. The van der Waals surface area contributed by atoms with Crippen LogP contribution in [0.15, 0.2) is 24.3 Å². The van der Waals surface area contributed by atoms with Gasteiger partial charge in [0.15, 0.2) is 0 Å². The molecule has 2 N–H and O–H groups in total. The van der Waals surface area contributed by atoms with E-state index >= 15 is 0 Å². The van der Waals surface area contributed by atoms with Crippen molar-refractivity contribution in [3.63, 3.8) is 0 Å². The van der Waals surface area contributed by atoms with Crippen LogP contribution in [0.25, 0.3) is 0 Å². The van der Waals surface area contributed by atoms with Crippen LogP contribution in [0.4, 0.5) is 0 Å². The molecule has 1 amide bonds. The Bertz CT molecular complexity index is 1000. The summed E-state index contributed by atoms with van der Waals surface area (Å²) in [4.78, 5) is 25.4. The summed E-state index contributed by atoms with van der Waals surface area (Å²) in [5.74, 6) is -0.200. The summed E-state index contributed by atoms with van der Waals surface area (Å²) in [6.07, 6.45) is 49.4. The van der Waals surface area contributed by atoms with Gasteiger partial charge in [0.1, 0.15) is 13.2 Å². The summed E-state index contributed by atoms with van der Waals surface area (Å²) in [5, 5.41) is 13.8. The van der Waals surface area contributed by atoms with Gasteiger partial charge < -0.3 is 28.8 Å². The third-order valence-corrected chi connectivity index (χ3v) is 12.1. The Kier molecular flexibility index (Phi) is 40.6. The third kappa shape index (κ3) is 43.1. The van der Waals surface area contributed by atoms with Crippen molar-refractivity contribution in [1.82, 2.24) is 5.32 Å². The van der Waals surface area contributed by atoms with Gasteiger partial charge in [-0.05, 0) is 44.9 Å². The number of carbonyl (C=O) groups is 1. The summed E-state index contributed by atoms with van der Waals surface area (Å²) in [5.41, 5.74) is 0. The zero-order chi connectivity index (χ0) is 42.8. The molecule has 0 aromatic heterocycles. The molecule has 9 heteroatoms. The molecule has 0 spiro atoms. The maximum atomic E-state index is 12.9. The SMILES string of the molecule is CCCCCCCC/C=C\CCCCCCCCCC(=O)NC(COP(=O)([O-])OCC[N+](C)(C)C)C(O)/C=C/CCCCCCCCCCCCCCCCCCC. The first-order valence-corrected chi connectivity index (χ1v) is 26.2. The van der Waals surface area contributed by atoms with Gasteiger partial charge in [-0.3, -0.25) is 9.36 Å². The lowest BCUT2D eigenvalue weighted by atomic mass is 10.0. The van der Waals surface area contributed by atoms with Gasteiger partial charge >= 0.3 is 0 Å². The Labute approximate surface area is 360 Å². The van der Waals surface area contributed by atoms with Crippen LogP contribution in [-0.2, 0) is 18.4 Å². The Balaban J connectivity index is 4.35. The van der Waals surface area contributed by atoms with E-state index in [9.17, 15) is 19.4 Å². The molecule has 0 aliphatic carbocycles. The fraction of sp³-hybridized carbons (Fsp3) is 0.898. The van der Waals surface area contributed by atoms with Crippen LogP contribution in [0.3, 0.4) is 0 Å². The molecule has 3 atom stereocenters. The Morgan fingerprint density at radius 3 is 1.34 bits per heavy atom. The molecule has 0 radical (unpaired) electrons. The molecule has 0 saturated carbocycles. The van der Waals surface area contributed by atoms with E-state index in [0.717, 1.165) is 38.5 Å². The number of hydrogen-bond acceptors (Lipinski definition) is 6. The molecule has 0 aliphatic heterocycles. The number of carbonyl (C=O) groups excluding carboxylic acids is 1. The number of rotatable bonds is 45. The second-order valence-electron chi connectivity index (χ2n) is 18.2. The maximum absolute atomic E-state index is 12.9. The Hall–Kier alpha value is -1.02. The quantitative estimate of drug-likeness (QED) is 0.0274. The molecule has 0 aromatic rings. The number of allylic oxidation sites excluding steroid dienone is 3. The van der Waals surface area contributed by atoms with Gasteiger partial charge in [0, 0.05) is 6.42 Å². The fourth-order valence-corrected chi connectivity index (χ4v) is 7.93. The van der Waals surface area contributed by atoms with Crippen molar-refractivity contribution in [2.45, 2.75) is 244 Å². The van der Waals surface area contributed by atoms with Gasteiger partial charge in [0.2, 0.25) is 5.91 Å². The van der Waals surface area contributed by atoms with Crippen LogP contribution in [0, 0.1) is 0 Å². The van der Waals surface area contributed by atoms with E-state index in [2.05, 4.69) is 31.3 Å². The molecule has 0 rings (SSSR count). The van der Waals surface area contributed by atoms with Crippen molar-refractivity contribution in [2.75, 3.05) is 40.9 Å². The van der Waals surface area contributed by atoms with E-state index in [1.54, 1.807) is 6.08 Å². The number of aliphatic hydroxyl groups is 1. The molecule has 0 fully saturated rings. The van der Waals surface area contributed by atoms with Crippen molar-refractivity contribution in [1.29, 1.82) is 0 Å². The topological polar surface area (TPSA) is 108 Å². The summed E-state index contributed by atoms with van der Waals surface area (Å²) in [6.45, 7) is 4.66. The van der Waals surface area contributed by atoms with E-state index in [0.29, 0.717) is 17.4 Å². The van der Waals surface area contributed by atoms with Crippen molar-refractivity contribution in [3.8, 4) is 0 Å². The van der Waals surface area contributed by atoms with Crippen LogP contribution >= 0.6 is 7.82 Å². The summed E-state index contributed by atoms with van der Waals surface area (Å²) < 4.78 is 23.3. The molecule has 0 aromatic carbocycles. The number of nitrogens with one attached hydrogen (secondary N) is 1. The van der Waals surface area contributed by atoms with Gasteiger partial charge in [-0.2, -0.15) is 0 Å². The monoisotopic (exact) mass is 841 g/mol. The molecule has 0 saturated heterocycles. The molecule has 0 heterocycles. The second kappa shape index (κ2) is 41.3. The van der Waals surface area contributed by atoms with Crippen molar-refractivity contribution in [3.05, 3.63) is 24.3 Å². The number of phosphoric acid groups is 1. The first kappa shape index (κ1) is 57.0. The van der Waals surface area contributed by atoms with Crippen molar-refractivity contribution in [2.24, 2.45) is 0 Å². The number of hydrogen-bond donors (Lipinski definition) is 2. The van der Waals surface area contributed by atoms with Gasteiger partial charge in [0.05, 0.1) is 39.9 Å². The number of amides is 1. The first-order valence-electron chi connectivity index (χ1n) is 24.7. The van der Waals surface area contributed by atoms with E-state index in [1.165, 1.54) is 173 Å². The molecule has 0 bridgehead atoms. The smallest absolute Gasteiger partial charge is 0.268 e. The number of likely N-dealkylation sites (N-methyl/N-ethyl adjacent to an activating group) is 1. The highest BCUT2D eigenvalue weighted by Crippen LogP contribution is 2.38. The van der Waals surface area contributed by atoms with E-state index in [4.69, 9.17) is 9.05 Å². The molecule has 8 nitrogen and oxygen atoms in total. The average molecular weight is 841 g/mol. The fourth-order valence-electron chi connectivity index (χ4n) is 7.21. The minimum Gasteiger partial charge on any atom is -0.756 e. The van der Waals surface area contributed by atoms with E-state index < -0.39 is 20.0 Å². The molecule has 344 valence electrons. The molecule has 3 unspecified atom stereocenters. The van der Waals surface area contributed by atoms with Gasteiger partial charge in [-0.15, -0.1) is 0 Å². The minimum absolute atomic E-state index is 0.000522. The lowest BCUT2D eigenvalue weighted by Gasteiger charge is -2.29. The largest absolute Gasteiger partial charge is 0.756 e. The number of nitrogens with zero attached hydrogens (tertiary/aromatic N) is 1. The number of aliphatic hydroxyl groups excluding tert-OH is 1. The minimum atomic E-state index is -4.59. The highest BCUT2D eigenvalue weighted by molar-refractivity contribution is 7.45. The zero-order valence-electron chi connectivity index (χ0n) is 39.0. The van der Waals surface area contributed by atoms with Crippen molar-refractivity contribution < 1.29 is 32.9 Å². The van der Waals surface area contributed by atoms with Crippen LogP contribution in [0.2, 0.25) is 0 Å².